The Morgan fingerprint density at radius 3 is 2.80 bits per heavy atom. The lowest BCUT2D eigenvalue weighted by Crippen LogP contribution is -2.33. The second-order valence-electron chi connectivity index (χ2n) is 3.89. The SMILES string of the molecule is N#C[C@@H]1[C@H](O)CCN1Cc1ccccc1. The van der Waals surface area contributed by atoms with Crippen LogP contribution in [0.4, 0.5) is 0 Å². The number of hydrogen-bond donors (Lipinski definition) is 1. The Morgan fingerprint density at radius 2 is 2.13 bits per heavy atom. The van der Waals surface area contributed by atoms with Gasteiger partial charge in [0.1, 0.15) is 6.04 Å². The van der Waals surface area contributed by atoms with E-state index in [4.69, 9.17) is 5.26 Å². The first-order valence-electron chi connectivity index (χ1n) is 5.17. The first-order chi connectivity index (χ1) is 7.31. The Bertz CT molecular complexity index is 358. The number of hydrogen-bond acceptors (Lipinski definition) is 3. The average Bonchev–Trinajstić information content (AvgIpc) is 2.61. The zero-order valence-corrected chi connectivity index (χ0v) is 8.50. The van der Waals surface area contributed by atoms with Crippen LogP contribution in [-0.2, 0) is 6.54 Å². The van der Waals surface area contributed by atoms with Gasteiger partial charge in [0.25, 0.3) is 0 Å². The Hall–Kier alpha value is -1.37. The van der Waals surface area contributed by atoms with Gasteiger partial charge in [-0.05, 0) is 12.0 Å². The van der Waals surface area contributed by atoms with Crippen LogP contribution < -0.4 is 0 Å². The van der Waals surface area contributed by atoms with Gasteiger partial charge in [0.05, 0.1) is 12.2 Å². The zero-order chi connectivity index (χ0) is 10.7. The topological polar surface area (TPSA) is 47.3 Å². The van der Waals surface area contributed by atoms with Gasteiger partial charge < -0.3 is 5.11 Å². The number of aliphatic hydroxyl groups excluding tert-OH is 1. The predicted octanol–water partition coefficient (Wildman–Crippen LogP) is 1.15. The molecule has 1 heterocycles. The van der Waals surface area contributed by atoms with Gasteiger partial charge >= 0.3 is 0 Å². The van der Waals surface area contributed by atoms with Crippen molar-refractivity contribution in [3.05, 3.63) is 35.9 Å². The summed E-state index contributed by atoms with van der Waals surface area (Å²) < 4.78 is 0. The van der Waals surface area contributed by atoms with Crippen molar-refractivity contribution in [1.82, 2.24) is 4.90 Å². The summed E-state index contributed by atoms with van der Waals surface area (Å²) in [5.41, 5.74) is 1.19. The maximum atomic E-state index is 9.57. The van der Waals surface area contributed by atoms with E-state index < -0.39 is 6.10 Å². The molecule has 1 aromatic rings. The highest BCUT2D eigenvalue weighted by molar-refractivity contribution is 5.16. The Balaban J connectivity index is 2.05. The van der Waals surface area contributed by atoms with Crippen LogP contribution in [0.2, 0.25) is 0 Å². The smallest absolute Gasteiger partial charge is 0.124 e. The minimum Gasteiger partial charge on any atom is -0.390 e. The third-order valence-electron chi connectivity index (χ3n) is 2.83. The van der Waals surface area contributed by atoms with Crippen molar-refractivity contribution in [2.45, 2.75) is 25.1 Å². The molecule has 0 aliphatic carbocycles. The molecule has 0 aromatic heterocycles. The van der Waals surface area contributed by atoms with Gasteiger partial charge in [0.15, 0.2) is 0 Å². The molecular weight excluding hydrogens is 188 g/mol. The molecule has 2 rings (SSSR count). The van der Waals surface area contributed by atoms with Gasteiger partial charge in [-0.25, -0.2) is 0 Å². The van der Waals surface area contributed by atoms with E-state index in [1.54, 1.807) is 0 Å². The van der Waals surface area contributed by atoms with E-state index in [9.17, 15) is 5.11 Å². The van der Waals surface area contributed by atoms with Crippen molar-refractivity contribution >= 4 is 0 Å². The largest absolute Gasteiger partial charge is 0.390 e. The molecule has 1 aromatic carbocycles. The number of rotatable bonds is 2. The zero-order valence-electron chi connectivity index (χ0n) is 8.50. The third kappa shape index (κ3) is 2.17. The van der Waals surface area contributed by atoms with Gasteiger partial charge in [0.2, 0.25) is 0 Å². The molecule has 1 fully saturated rings. The van der Waals surface area contributed by atoms with Crippen LogP contribution in [0.3, 0.4) is 0 Å². The van der Waals surface area contributed by atoms with Gasteiger partial charge in [-0.2, -0.15) is 5.26 Å². The molecular formula is C12H14N2O. The quantitative estimate of drug-likeness (QED) is 0.782. The lowest BCUT2D eigenvalue weighted by molar-refractivity contribution is 0.142. The molecule has 1 aliphatic heterocycles. The van der Waals surface area contributed by atoms with Crippen LogP contribution in [0.1, 0.15) is 12.0 Å². The average molecular weight is 202 g/mol. The lowest BCUT2D eigenvalue weighted by Gasteiger charge is -2.19. The molecule has 0 amide bonds. The highest BCUT2D eigenvalue weighted by Crippen LogP contribution is 2.19. The van der Waals surface area contributed by atoms with Gasteiger partial charge in [-0.1, -0.05) is 30.3 Å². The fourth-order valence-electron chi connectivity index (χ4n) is 2.00. The Kier molecular flexibility index (Phi) is 3.00. The van der Waals surface area contributed by atoms with Crippen molar-refractivity contribution in [3.63, 3.8) is 0 Å². The van der Waals surface area contributed by atoms with E-state index in [2.05, 4.69) is 6.07 Å². The molecule has 0 unspecified atom stereocenters. The summed E-state index contributed by atoms with van der Waals surface area (Å²) in [4.78, 5) is 2.03. The van der Waals surface area contributed by atoms with E-state index >= 15 is 0 Å². The van der Waals surface area contributed by atoms with E-state index in [0.717, 1.165) is 13.1 Å². The van der Waals surface area contributed by atoms with Crippen LogP contribution in [0.5, 0.6) is 0 Å². The van der Waals surface area contributed by atoms with Crippen LogP contribution in [0.25, 0.3) is 0 Å². The molecule has 0 bridgehead atoms. The highest BCUT2D eigenvalue weighted by Gasteiger charge is 2.32. The molecule has 78 valence electrons. The van der Waals surface area contributed by atoms with Crippen LogP contribution >= 0.6 is 0 Å². The summed E-state index contributed by atoms with van der Waals surface area (Å²) in [5, 5.41) is 18.5. The molecule has 1 N–H and O–H groups in total. The monoisotopic (exact) mass is 202 g/mol. The normalized spacial score (nSPS) is 26.4. The number of benzene rings is 1. The van der Waals surface area contributed by atoms with E-state index in [-0.39, 0.29) is 6.04 Å². The van der Waals surface area contributed by atoms with E-state index in [0.29, 0.717) is 6.42 Å². The van der Waals surface area contributed by atoms with Crippen LogP contribution in [-0.4, -0.2) is 28.7 Å². The van der Waals surface area contributed by atoms with E-state index in [1.807, 2.05) is 35.2 Å². The lowest BCUT2D eigenvalue weighted by atomic mass is 10.1. The highest BCUT2D eigenvalue weighted by atomic mass is 16.3. The fraction of sp³-hybridized carbons (Fsp3) is 0.417. The maximum absolute atomic E-state index is 9.57. The van der Waals surface area contributed by atoms with Crippen molar-refractivity contribution in [2.24, 2.45) is 0 Å². The second kappa shape index (κ2) is 4.43. The first kappa shape index (κ1) is 10.2. The summed E-state index contributed by atoms with van der Waals surface area (Å²) >= 11 is 0. The first-order valence-corrected chi connectivity index (χ1v) is 5.17. The molecule has 1 aliphatic rings. The van der Waals surface area contributed by atoms with Crippen LogP contribution in [0.15, 0.2) is 30.3 Å². The van der Waals surface area contributed by atoms with Gasteiger partial charge in [0, 0.05) is 13.1 Å². The Labute approximate surface area is 89.6 Å². The summed E-state index contributed by atoms with van der Waals surface area (Å²) in [6, 6.07) is 11.9. The summed E-state index contributed by atoms with van der Waals surface area (Å²) in [5.74, 6) is 0. The fourth-order valence-corrected chi connectivity index (χ4v) is 2.00. The van der Waals surface area contributed by atoms with E-state index in [1.165, 1.54) is 5.56 Å². The molecule has 0 saturated carbocycles. The molecule has 1 saturated heterocycles. The molecule has 15 heavy (non-hydrogen) atoms. The van der Waals surface area contributed by atoms with Crippen molar-refractivity contribution in [1.29, 1.82) is 5.26 Å². The molecule has 0 radical (unpaired) electrons. The van der Waals surface area contributed by atoms with Crippen LogP contribution in [0, 0.1) is 11.3 Å². The predicted molar refractivity (Wildman–Crippen MR) is 56.9 cm³/mol. The number of likely N-dealkylation sites (tertiary alicyclic amines) is 1. The summed E-state index contributed by atoms with van der Waals surface area (Å²) in [6.07, 6.45) is 0.212. The molecule has 2 atom stereocenters. The number of nitriles is 1. The van der Waals surface area contributed by atoms with Crippen molar-refractivity contribution < 1.29 is 5.11 Å². The van der Waals surface area contributed by atoms with Gasteiger partial charge in [-0.15, -0.1) is 0 Å². The standard InChI is InChI=1S/C12H14N2O/c13-8-11-12(15)6-7-14(11)9-10-4-2-1-3-5-10/h1-5,11-12,15H,6-7,9H2/t11-,12-/m1/s1. The Morgan fingerprint density at radius 1 is 1.40 bits per heavy atom. The summed E-state index contributed by atoms with van der Waals surface area (Å²) in [6.45, 7) is 1.55. The molecule has 3 heteroatoms. The minimum atomic E-state index is -0.487. The number of aliphatic hydroxyl groups is 1. The third-order valence-corrected chi connectivity index (χ3v) is 2.83. The molecule has 3 nitrogen and oxygen atoms in total. The maximum Gasteiger partial charge on any atom is 0.124 e. The van der Waals surface area contributed by atoms with Crippen molar-refractivity contribution in [3.8, 4) is 6.07 Å². The summed E-state index contributed by atoms with van der Waals surface area (Å²) in [7, 11) is 0. The minimum absolute atomic E-state index is 0.342. The number of nitrogens with zero attached hydrogens (tertiary/aromatic N) is 2. The molecule has 0 spiro atoms. The van der Waals surface area contributed by atoms with Gasteiger partial charge in [-0.3, -0.25) is 4.90 Å². The second-order valence-corrected chi connectivity index (χ2v) is 3.89. The van der Waals surface area contributed by atoms with Crippen molar-refractivity contribution in [2.75, 3.05) is 6.54 Å².